The summed E-state index contributed by atoms with van der Waals surface area (Å²) in [4.78, 5) is 29.9. The first-order valence-electron chi connectivity index (χ1n) is 5.59. The number of hydrogen-bond acceptors (Lipinski definition) is 5. The van der Waals surface area contributed by atoms with E-state index in [-0.39, 0.29) is 18.0 Å². The first-order valence-corrected chi connectivity index (χ1v) is 5.59. The van der Waals surface area contributed by atoms with E-state index in [0.717, 1.165) is 0 Å². The number of carbonyl (C=O) groups excluding carboxylic acids is 1. The van der Waals surface area contributed by atoms with Crippen LogP contribution in [0.15, 0.2) is 12.5 Å². The Labute approximate surface area is 105 Å². The molecule has 0 spiro atoms. The molecule has 7 heteroatoms. The Morgan fingerprint density at radius 2 is 2.22 bits per heavy atom. The van der Waals surface area contributed by atoms with E-state index in [1.165, 1.54) is 12.5 Å². The molecule has 98 valence electrons. The zero-order chi connectivity index (χ0) is 13.5. The van der Waals surface area contributed by atoms with Crippen molar-refractivity contribution in [3.05, 3.63) is 23.8 Å². The van der Waals surface area contributed by atoms with Crippen molar-refractivity contribution in [2.75, 3.05) is 6.54 Å². The Kier molecular flexibility index (Phi) is 5.19. The van der Waals surface area contributed by atoms with Crippen LogP contribution in [0.1, 0.15) is 29.9 Å². The summed E-state index contributed by atoms with van der Waals surface area (Å²) in [6.07, 6.45) is 2.52. The predicted octanol–water partition coefficient (Wildman–Crippen LogP) is -0.211. The van der Waals surface area contributed by atoms with Crippen LogP contribution < -0.4 is 10.6 Å². The van der Waals surface area contributed by atoms with Crippen molar-refractivity contribution < 1.29 is 14.7 Å². The molecule has 0 saturated heterocycles. The van der Waals surface area contributed by atoms with Gasteiger partial charge in [-0.25, -0.2) is 14.8 Å². The van der Waals surface area contributed by atoms with E-state index in [9.17, 15) is 9.59 Å². The molecule has 1 rings (SSSR count). The summed E-state index contributed by atoms with van der Waals surface area (Å²) in [6.45, 7) is 4.28. The van der Waals surface area contributed by atoms with Crippen LogP contribution in [-0.2, 0) is 11.3 Å². The summed E-state index contributed by atoms with van der Waals surface area (Å²) in [7, 11) is 0. The van der Waals surface area contributed by atoms with Crippen LogP contribution in [-0.4, -0.2) is 39.5 Å². The van der Waals surface area contributed by atoms with Crippen LogP contribution in [0, 0.1) is 0 Å². The highest BCUT2D eigenvalue weighted by Crippen LogP contribution is 2.03. The second kappa shape index (κ2) is 6.65. The van der Waals surface area contributed by atoms with Crippen molar-refractivity contribution in [2.45, 2.75) is 26.4 Å². The molecule has 0 aliphatic heterocycles. The molecular weight excluding hydrogens is 236 g/mol. The van der Waals surface area contributed by atoms with Crippen molar-refractivity contribution in [3.63, 3.8) is 0 Å². The molecule has 1 atom stereocenters. The van der Waals surface area contributed by atoms with Crippen molar-refractivity contribution in [1.82, 2.24) is 20.6 Å². The van der Waals surface area contributed by atoms with Crippen LogP contribution >= 0.6 is 0 Å². The van der Waals surface area contributed by atoms with Crippen molar-refractivity contribution in [1.29, 1.82) is 0 Å². The molecule has 0 aromatic carbocycles. The quantitative estimate of drug-likeness (QED) is 0.647. The fourth-order valence-corrected chi connectivity index (χ4v) is 1.34. The molecule has 0 radical (unpaired) electrons. The van der Waals surface area contributed by atoms with Gasteiger partial charge in [-0.05, 0) is 13.8 Å². The Bertz CT molecular complexity index is 436. The van der Waals surface area contributed by atoms with Gasteiger partial charge >= 0.3 is 5.97 Å². The Morgan fingerprint density at radius 3 is 2.83 bits per heavy atom. The zero-order valence-electron chi connectivity index (χ0n) is 10.3. The molecule has 1 aromatic heterocycles. The fraction of sp³-hybridized carbons (Fsp3) is 0.455. The number of carboxylic acid groups (broad SMARTS) is 1. The Hall–Kier alpha value is -2.02. The van der Waals surface area contributed by atoms with Gasteiger partial charge in [-0.1, -0.05) is 0 Å². The molecule has 1 heterocycles. The topological polar surface area (TPSA) is 104 Å². The molecule has 0 aliphatic carbocycles. The minimum absolute atomic E-state index is 0.0353. The average Bonchev–Trinajstić information content (AvgIpc) is 2.36. The molecule has 0 fully saturated rings. The summed E-state index contributed by atoms with van der Waals surface area (Å²) in [5, 5.41) is 14.5. The smallest absolute Gasteiger partial charge is 0.339 e. The number of nitrogens with zero attached hydrogens (tertiary/aromatic N) is 2. The molecule has 0 saturated carbocycles. The number of aromatic nitrogens is 2. The van der Waals surface area contributed by atoms with E-state index in [0.29, 0.717) is 12.2 Å². The maximum absolute atomic E-state index is 11.5. The normalized spacial score (nSPS) is 11.9. The van der Waals surface area contributed by atoms with Crippen LogP contribution in [0.4, 0.5) is 0 Å². The third-order valence-electron chi connectivity index (χ3n) is 2.35. The molecular formula is C11H16N4O3. The lowest BCUT2D eigenvalue weighted by molar-refractivity contribution is -0.122. The van der Waals surface area contributed by atoms with E-state index in [4.69, 9.17) is 5.11 Å². The van der Waals surface area contributed by atoms with Crippen molar-refractivity contribution in [3.8, 4) is 0 Å². The number of nitrogens with one attached hydrogen (secondary N) is 2. The van der Waals surface area contributed by atoms with Crippen molar-refractivity contribution >= 4 is 11.9 Å². The number of amides is 1. The Balaban J connectivity index is 2.63. The molecule has 3 N–H and O–H groups in total. The van der Waals surface area contributed by atoms with Crippen LogP contribution in [0.5, 0.6) is 0 Å². The zero-order valence-corrected chi connectivity index (χ0v) is 10.3. The predicted molar refractivity (Wildman–Crippen MR) is 64.0 cm³/mol. The van der Waals surface area contributed by atoms with E-state index in [1.807, 2.05) is 6.92 Å². The van der Waals surface area contributed by atoms with Gasteiger partial charge in [0, 0.05) is 19.3 Å². The van der Waals surface area contributed by atoms with Crippen LogP contribution in [0.2, 0.25) is 0 Å². The number of likely N-dealkylation sites (N-methyl/N-ethyl adjacent to an activating group) is 1. The van der Waals surface area contributed by atoms with Crippen LogP contribution in [0.3, 0.4) is 0 Å². The van der Waals surface area contributed by atoms with Gasteiger partial charge in [-0.15, -0.1) is 0 Å². The van der Waals surface area contributed by atoms with Crippen molar-refractivity contribution in [2.24, 2.45) is 0 Å². The molecule has 1 aromatic rings. The minimum Gasteiger partial charge on any atom is -0.478 e. The standard InChI is InChI=1S/C11H16N4O3/c1-3-13-10(16)7(2)14-5-9-8(11(17)18)4-12-6-15-9/h4,6-7,14H,3,5H2,1-2H3,(H,13,16)(H,17,18). The summed E-state index contributed by atoms with van der Waals surface area (Å²) < 4.78 is 0. The van der Waals surface area contributed by atoms with Crippen LogP contribution in [0.25, 0.3) is 0 Å². The van der Waals surface area contributed by atoms with E-state index in [2.05, 4.69) is 20.6 Å². The summed E-state index contributed by atoms with van der Waals surface area (Å²) in [5.74, 6) is -1.22. The van der Waals surface area contributed by atoms with Gasteiger partial charge in [-0.2, -0.15) is 0 Å². The number of rotatable bonds is 6. The van der Waals surface area contributed by atoms with Gasteiger partial charge in [0.2, 0.25) is 5.91 Å². The second-order valence-corrected chi connectivity index (χ2v) is 3.69. The van der Waals surface area contributed by atoms with E-state index < -0.39 is 12.0 Å². The summed E-state index contributed by atoms with van der Waals surface area (Å²) in [6, 6.07) is -0.415. The molecule has 7 nitrogen and oxygen atoms in total. The third kappa shape index (κ3) is 3.77. The summed E-state index contributed by atoms with van der Waals surface area (Å²) >= 11 is 0. The number of carbonyl (C=O) groups is 2. The number of carboxylic acids is 1. The highest BCUT2D eigenvalue weighted by molar-refractivity contribution is 5.88. The fourth-order valence-electron chi connectivity index (χ4n) is 1.34. The van der Waals surface area contributed by atoms with Gasteiger partial charge < -0.3 is 15.7 Å². The second-order valence-electron chi connectivity index (χ2n) is 3.69. The molecule has 1 unspecified atom stereocenters. The lowest BCUT2D eigenvalue weighted by atomic mass is 10.2. The van der Waals surface area contributed by atoms with Gasteiger partial charge in [0.15, 0.2) is 0 Å². The maximum atomic E-state index is 11.5. The average molecular weight is 252 g/mol. The van der Waals surface area contributed by atoms with E-state index in [1.54, 1.807) is 6.92 Å². The number of aromatic carboxylic acids is 1. The van der Waals surface area contributed by atoms with Gasteiger partial charge in [0.05, 0.1) is 11.7 Å². The monoisotopic (exact) mass is 252 g/mol. The highest BCUT2D eigenvalue weighted by atomic mass is 16.4. The van der Waals surface area contributed by atoms with Gasteiger partial charge in [-0.3, -0.25) is 4.79 Å². The van der Waals surface area contributed by atoms with Gasteiger partial charge in [0.1, 0.15) is 11.9 Å². The minimum atomic E-state index is -1.09. The molecule has 1 amide bonds. The lowest BCUT2D eigenvalue weighted by Crippen LogP contribution is -2.42. The third-order valence-corrected chi connectivity index (χ3v) is 2.35. The van der Waals surface area contributed by atoms with E-state index >= 15 is 0 Å². The maximum Gasteiger partial charge on any atom is 0.339 e. The lowest BCUT2D eigenvalue weighted by Gasteiger charge is -2.13. The molecule has 18 heavy (non-hydrogen) atoms. The highest BCUT2D eigenvalue weighted by Gasteiger charge is 2.15. The summed E-state index contributed by atoms with van der Waals surface area (Å²) in [5.41, 5.74) is 0.391. The molecule has 0 aliphatic rings. The SMILES string of the molecule is CCNC(=O)C(C)NCc1ncncc1C(=O)O. The molecule has 0 bridgehead atoms. The first kappa shape index (κ1) is 14.0. The first-order chi connectivity index (χ1) is 8.56. The largest absolute Gasteiger partial charge is 0.478 e. The van der Waals surface area contributed by atoms with Gasteiger partial charge in [0.25, 0.3) is 0 Å². The Morgan fingerprint density at radius 1 is 1.50 bits per heavy atom. The number of hydrogen-bond donors (Lipinski definition) is 3.